The van der Waals surface area contributed by atoms with Crippen LogP contribution in [0, 0.1) is 0 Å². The van der Waals surface area contributed by atoms with Crippen molar-refractivity contribution in [1.29, 1.82) is 0 Å². The molecular weight excluding hydrogens is 196 g/mol. The van der Waals surface area contributed by atoms with Crippen molar-refractivity contribution in [3.8, 4) is 0 Å². The number of nitrogens with zero attached hydrogens (tertiary/aromatic N) is 2. The second-order valence-corrected chi connectivity index (χ2v) is 5.21. The maximum atomic E-state index is 2.73. The van der Waals surface area contributed by atoms with E-state index in [9.17, 15) is 0 Å². The summed E-state index contributed by atoms with van der Waals surface area (Å²) in [5.74, 6) is 0. The highest BCUT2D eigenvalue weighted by Crippen LogP contribution is 2.25. The molecule has 16 heavy (non-hydrogen) atoms. The van der Waals surface area contributed by atoms with Crippen LogP contribution in [0.2, 0.25) is 0 Å². The highest BCUT2D eigenvalue weighted by molar-refractivity contribution is 4.92. The van der Waals surface area contributed by atoms with Crippen molar-refractivity contribution < 1.29 is 0 Å². The summed E-state index contributed by atoms with van der Waals surface area (Å²) < 4.78 is 0. The molecule has 2 atom stereocenters. The first-order valence-electron chi connectivity index (χ1n) is 6.94. The summed E-state index contributed by atoms with van der Waals surface area (Å²) in [6, 6.07) is 1.67. The molecule has 0 aromatic heterocycles. The van der Waals surface area contributed by atoms with Gasteiger partial charge in [0.25, 0.3) is 0 Å². The molecule has 0 amide bonds. The first-order chi connectivity index (χ1) is 7.85. The van der Waals surface area contributed by atoms with E-state index in [1.807, 2.05) is 0 Å². The van der Waals surface area contributed by atoms with Crippen LogP contribution in [0.15, 0.2) is 12.2 Å². The van der Waals surface area contributed by atoms with Crippen LogP contribution in [0.4, 0.5) is 0 Å². The van der Waals surface area contributed by atoms with Crippen molar-refractivity contribution in [2.24, 2.45) is 0 Å². The monoisotopic (exact) mass is 222 g/mol. The Balaban J connectivity index is 1.88. The lowest BCUT2D eigenvalue weighted by Gasteiger charge is -2.43. The zero-order valence-corrected chi connectivity index (χ0v) is 10.9. The summed E-state index contributed by atoms with van der Waals surface area (Å²) in [6.07, 6.45) is 9.85. The van der Waals surface area contributed by atoms with E-state index in [0.29, 0.717) is 0 Å². The predicted octanol–water partition coefficient (Wildman–Crippen LogP) is 2.51. The van der Waals surface area contributed by atoms with Gasteiger partial charge in [0, 0.05) is 31.7 Å². The Kier molecular flexibility index (Phi) is 4.42. The number of fused-ring (bicyclic) bond motifs is 1. The van der Waals surface area contributed by atoms with Gasteiger partial charge in [-0.2, -0.15) is 0 Å². The second kappa shape index (κ2) is 5.83. The lowest BCUT2D eigenvalue weighted by atomic mass is 10.0. The van der Waals surface area contributed by atoms with Crippen molar-refractivity contribution in [1.82, 2.24) is 9.80 Å². The van der Waals surface area contributed by atoms with Crippen LogP contribution < -0.4 is 0 Å². The molecule has 2 fully saturated rings. The van der Waals surface area contributed by atoms with E-state index < -0.39 is 0 Å². The fourth-order valence-corrected chi connectivity index (χ4v) is 3.22. The minimum atomic E-state index is 0.805. The van der Waals surface area contributed by atoms with Crippen LogP contribution in [0.3, 0.4) is 0 Å². The van der Waals surface area contributed by atoms with Crippen LogP contribution in [0.25, 0.3) is 0 Å². The molecule has 2 heteroatoms. The molecule has 2 saturated heterocycles. The maximum Gasteiger partial charge on any atom is 0.0224 e. The average Bonchev–Trinajstić information content (AvgIpc) is 2.75. The minimum Gasteiger partial charge on any atom is -0.298 e. The molecule has 0 N–H and O–H groups in total. The molecule has 2 aliphatic heterocycles. The van der Waals surface area contributed by atoms with E-state index in [1.165, 1.54) is 51.9 Å². The predicted molar refractivity (Wildman–Crippen MR) is 69.7 cm³/mol. The van der Waals surface area contributed by atoms with Crippen LogP contribution in [-0.4, -0.2) is 48.1 Å². The molecule has 2 rings (SSSR count). The van der Waals surface area contributed by atoms with Crippen molar-refractivity contribution in [3.63, 3.8) is 0 Å². The molecule has 2 nitrogen and oxygen atoms in total. The first kappa shape index (κ1) is 12.1. The van der Waals surface area contributed by atoms with Crippen molar-refractivity contribution >= 4 is 0 Å². The normalized spacial score (nSPS) is 32.4. The topological polar surface area (TPSA) is 6.48 Å². The van der Waals surface area contributed by atoms with Crippen LogP contribution in [-0.2, 0) is 0 Å². The van der Waals surface area contributed by atoms with E-state index in [1.54, 1.807) is 0 Å². The van der Waals surface area contributed by atoms with E-state index in [0.717, 1.165) is 12.1 Å². The molecule has 0 saturated carbocycles. The molecule has 2 unspecified atom stereocenters. The number of rotatable bonds is 4. The third-order valence-electron chi connectivity index (χ3n) is 4.20. The van der Waals surface area contributed by atoms with E-state index in [4.69, 9.17) is 0 Å². The second-order valence-electron chi connectivity index (χ2n) is 5.21. The summed E-state index contributed by atoms with van der Waals surface area (Å²) in [4.78, 5) is 5.45. The van der Waals surface area contributed by atoms with Gasteiger partial charge in [-0.3, -0.25) is 9.80 Å². The van der Waals surface area contributed by atoms with Gasteiger partial charge in [-0.05, 0) is 39.2 Å². The molecule has 0 spiro atoms. The van der Waals surface area contributed by atoms with Gasteiger partial charge in [-0.15, -0.1) is 0 Å². The first-order valence-corrected chi connectivity index (χ1v) is 6.94. The van der Waals surface area contributed by atoms with Gasteiger partial charge in [-0.25, -0.2) is 0 Å². The Labute approximate surface area is 100 Å². The zero-order chi connectivity index (χ0) is 11.4. The summed E-state index contributed by atoms with van der Waals surface area (Å²) in [7, 11) is 0. The van der Waals surface area contributed by atoms with Gasteiger partial charge in [0.05, 0.1) is 0 Å². The Hall–Kier alpha value is -0.340. The van der Waals surface area contributed by atoms with Gasteiger partial charge < -0.3 is 0 Å². The SMILES string of the molecule is C/C=C/CCN1CC2CCCN2CC1CC. The van der Waals surface area contributed by atoms with Crippen LogP contribution >= 0.6 is 0 Å². The van der Waals surface area contributed by atoms with Gasteiger partial charge in [0.2, 0.25) is 0 Å². The van der Waals surface area contributed by atoms with E-state index in [-0.39, 0.29) is 0 Å². The molecule has 0 aromatic carbocycles. The zero-order valence-electron chi connectivity index (χ0n) is 10.9. The molecule has 2 heterocycles. The van der Waals surface area contributed by atoms with Crippen molar-refractivity contribution in [3.05, 3.63) is 12.2 Å². The Bertz CT molecular complexity index is 237. The highest BCUT2D eigenvalue weighted by Gasteiger charge is 2.34. The number of piperazine rings is 1. The van der Waals surface area contributed by atoms with E-state index in [2.05, 4.69) is 35.8 Å². The van der Waals surface area contributed by atoms with Gasteiger partial charge in [-0.1, -0.05) is 19.1 Å². The highest BCUT2D eigenvalue weighted by atomic mass is 15.3. The minimum absolute atomic E-state index is 0.805. The summed E-state index contributed by atoms with van der Waals surface area (Å²) >= 11 is 0. The molecule has 0 aliphatic carbocycles. The van der Waals surface area contributed by atoms with Crippen molar-refractivity contribution in [2.75, 3.05) is 26.2 Å². The quantitative estimate of drug-likeness (QED) is 0.674. The van der Waals surface area contributed by atoms with E-state index >= 15 is 0 Å². The third kappa shape index (κ3) is 2.67. The summed E-state index contributed by atoms with van der Waals surface area (Å²) in [5, 5.41) is 0. The van der Waals surface area contributed by atoms with Gasteiger partial charge in [0.15, 0.2) is 0 Å². The third-order valence-corrected chi connectivity index (χ3v) is 4.20. The fourth-order valence-electron chi connectivity index (χ4n) is 3.22. The molecule has 92 valence electrons. The molecular formula is C14H26N2. The Morgan fingerprint density at radius 1 is 1.31 bits per heavy atom. The molecule has 0 bridgehead atoms. The Morgan fingerprint density at radius 2 is 2.19 bits per heavy atom. The summed E-state index contributed by atoms with van der Waals surface area (Å²) in [6.45, 7) is 9.69. The maximum absolute atomic E-state index is 2.73. The largest absolute Gasteiger partial charge is 0.298 e. The van der Waals surface area contributed by atoms with Crippen LogP contribution in [0.1, 0.15) is 39.5 Å². The Morgan fingerprint density at radius 3 is 2.94 bits per heavy atom. The number of hydrogen-bond donors (Lipinski definition) is 0. The van der Waals surface area contributed by atoms with Crippen molar-refractivity contribution in [2.45, 2.75) is 51.6 Å². The van der Waals surface area contributed by atoms with Gasteiger partial charge >= 0.3 is 0 Å². The number of allylic oxidation sites excluding steroid dienone is 1. The lowest BCUT2D eigenvalue weighted by Crippen LogP contribution is -2.55. The average molecular weight is 222 g/mol. The number of hydrogen-bond acceptors (Lipinski definition) is 2. The standard InChI is InChI=1S/C14H26N2/c1-3-5-6-9-15-12-14-8-7-10-16(14)11-13(15)4-2/h3,5,13-14H,4,6-12H2,1-2H3/b5-3+. The molecule has 2 aliphatic rings. The van der Waals surface area contributed by atoms with Gasteiger partial charge in [0.1, 0.15) is 0 Å². The molecule has 0 aromatic rings. The van der Waals surface area contributed by atoms with Crippen LogP contribution in [0.5, 0.6) is 0 Å². The summed E-state index contributed by atoms with van der Waals surface area (Å²) in [5.41, 5.74) is 0. The fraction of sp³-hybridized carbons (Fsp3) is 0.857. The molecule has 0 radical (unpaired) electrons. The lowest BCUT2D eigenvalue weighted by molar-refractivity contribution is 0.0506. The smallest absolute Gasteiger partial charge is 0.0224 e.